The summed E-state index contributed by atoms with van der Waals surface area (Å²) in [5.74, 6) is -0.104. The van der Waals surface area contributed by atoms with Gasteiger partial charge in [0.05, 0.1) is 16.3 Å². The molecular formula is C26H27ClF4N4. The van der Waals surface area contributed by atoms with Gasteiger partial charge in [-0.2, -0.15) is 13.2 Å². The molecule has 0 fully saturated rings. The lowest BCUT2D eigenvalue weighted by Gasteiger charge is -2.20. The molecule has 2 heterocycles. The molecular weight excluding hydrogens is 480 g/mol. The van der Waals surface area contributed by atoms with Gasteiger partial charge < -0.3 is 10.6 Å². The minimum Gasteiger partial charge on any atom is -0.384 e. The number of aromatic nitrogens is 1. The maximum Gasteiger partial charge on any atom is 0.389 e. The Labute approximate surface area is 207 Å². The molecule has 0 spiro atoms. The molecule has 3 rings (SSSR count). The van der Waals surface area contributed by atoms with Gasteiger partial charge >= 0.3 is 6.18 Å². The summed E-state index contributed by atoms with van der Waals surface area (Å²) in [6.45, 7) is 12.3. The number of aliphatic imine (C=N–C) groups is 1. The molecule has 0 atom stereocenters. The van der Waals surface area contributed by atoms with Gasteiger partial charge in [0, 0.05) is 41.8 Å². The second kappa shape index (κ2) is 11.1. The summed E-state index contributed by atoms with van der Waals surface area (Å²) >= 11 is 6.58. The Morgan fingerprint density at radius 1 is 1.20 bits per heavy atom. The average Bonchev–Trinajstić information content (AvgIpc) is 2.77. The highest BCUT2D eigenvalue weighted by Gasteiger charge is 2.26. The largest absolute Gasteiger partial charge is 0.389 e. The molecule has 0 bridgehead atoms. The van der Waals surface area contributed by atoms with Gasteiger partial charge in [-0.3, -0.25) is 4.98 Å². The number of aryl methyl sites for hydroxylation is 1. The van der Waals surface area contributed by atoms with E-state index in [0.29, 0.717) is 34.8 Å². The van der Waals surface area contributed by atoms with Gasteiger partial charge in [0.15, 0.2) is 0 Å². The van der Waals surface area contributed by atoms with E-state index >= 15 is 0 Å². The first-order valence-electron chi connectivity index (χ1n) is 11.1. The summed E-state index contributed by atoms with van der Waals surface area (Å²) in [5.41, 5.74) is 3.76. The number of rotatable bonds is 9. The molecule has 186 valence electrons. The van der Waals surface area contributed by atoms with E-state index in [0.717, 1.165) is 5.70 Å². The number of halogens is 5. The normalized spacial score (nSPS) is 13.9. The van der Waals surface area contributed by atoms with Crippen molar-refractivity contribution >= 4 is 23.1 Å². The Balaban J connectivity index is 1.83. The second-order valence-electron chi connectivity index (χ2n) is 8.58. The van der Waals surface area contributed by atoms with Crippen molar-refractivity contribution < 1.29 is 17.6 Å². The molecule has 9 heteroatoms. The van der Waals surface area contributed by atoms with E-state index in [4.69, 9.17) is 11.6 Å². The molecule has 1 aliphatic rings. The van der Waals surface area contributed by atoms with Crippen LogP contribution in [0.2, 0.25) is 5.02 Å². The van der Waals surface area contributed by atoms with Crippen LogP contribution in [0.3, 0.4) is 0 Å². The van der Waals surface area contributed by atoms with Crippen molar-refractivity contribution in [3.05, 3.63) is 94.3 Å². The molecule has 2 aromatic rings. The molecule has 35 heavy (non-hydrogen) atoms. The number of pyridine rings is 1. The Hall–Kier alpha value is -3.13. The molecule has 0 saturated carbocycles. The third-order valence-electron chi connectivity index (χ3n) is 5.45. The van der Waals surface area contributed by atoms with Gasteiger partial charge in [0.25, 0.3) is 0 Å². The van der Waals surface area contributed by atoms with Crippen molar-refractivity contribution in [3.8, 4) is 0 Å². The number of hydrogen-bond acceptors (Lipinski definition) is 4. The van der Waals surface area contributed by atoms with E-state index in [9.17, 15) is 17.6 Å². The van der Waals surface area contributed by atoms with Crippen LogP contribution in [0.15, 0.2) is 66.1 Å². The van der Waals surface area contributed by atoms with Crippen LogP contribution in [0.4, 0.5) is 17.6 Å². The molecule has 1 aromatic heterocycles. The summed E-state index contributed by atoms with van der Waals surface area (Å²) in [4.78, 5) is 8.79. The zero-order chi connectivity index (χ0) is 25.8. The van der Waals surface area contributed by atoms with Gasteiger partial charge in [-0.1, -0.05) is 44.7 Å². The van der Waals surface area contributed by atoms with Crippen molar-refractivity contribution in [2.75, 3.05) is 0 Å². The lowest BCUT2D eigenvalue weighted by molar-refractivity contribution is -0.135. The van der Waals surface area contributed by atoms with E-state index in [1.807, 2.05) is 13.8 Å². The van der Waals surface area contributed by atoms with Gasteiger partial charge in [0.2, 0.25) is 0 Å². The fourth-order valence-electron chi connectivity index (χ4n) is 3.36. The third-order valence-corrected chi connectivity index (χ3v) is 5.88. The summed E-state index contributed by atoms with van der Waals surface area (Å²) in [5, 5.41) is 6.38. The zero-order valence-corrected chi connectivity index (χ0v) is 20.3. The highest BCUT2D eigenvalue weighted by molar-refractivity contribution is 6.35. The first kappa shape index (κ1) is 26.5. The first-order chi connectivity index (χ1) is 16.4. The number of hydrogen-bond donors (Lipinski definition) is 2. The lowest BCUT2D eigenvalue weighted by atomic mass is 10.1. The van der Waals surface area contributed by atoms with Crippen LogP contribution in [0.1, 0.15) is 49.1 Å². The minimum absolute atomic E-state index is 0.0327. The third kappa shape index (κ3) is 7.18. The van der Waals surface area contributed by atoms with Crippen LogP contribution < -0.4 is 10.6 Å². The van der Waals surface area contributed by atoms with Crippen molar-refractivity contribution in [2.45, 2.75) is 45.8 Å². The number of benzene rings is 1. The van der Waals surface area contributed by atoms with Crippen molar-refractivity contribution in [1.82, 2.24) is 15.6 Å². The van der Waals surface area contributed by atoms with Crippen LogP contribution in [0.25, 0.3) is 5.70 Å². The topological polar surface area (TPSA) is 49.3 Å². The smallest absolute Gasteiger partial charge is 0.384 e. The van der Waals surface area contributed by atoms with Crippen LogP contribution in [0, 0.1) is 11.7 Å². The number of amidine groups is 1. The first-order valence-corrected chi connectivity index (χ1v) is 11.5. The van der Waals surface area contributed by atoms with E-state index in [2.05, 4.69) is 33.8 Å². The van der Waals surface area contributed by atoms with Crippen molar-refractivity contribution in [3.63, 3.8) is 0 Å². The Morgan fingerprint density at radius 3 is 2.57 bits per heavy atom. The van der Waals surface area contributed by atoms with Gasteiger partial charge in [-0.25, -0.2) is 9.38 Å². The molecule has 4 nitrogen and oxygen atoms in total. The highest BCUT2D eigenvalue weighted by atomic mass is 35.5. The summed E-state index contributed by atoms with van der Waals surface area (Å²) in [6, 6.07) is 6.32. The van der Waals surface area contributed by atoms with E-state index in [1.165, 1.54) is 12.3 Å². The molecule has 0 radical (unpaired) electrons. The SMILES string of the molecule is C=C1C=C(c2ccc(CCCC(F)(F)F)nc2)N=C(c2c(F)ccc(CNC(=C)C(C)C)c2Cl)N1. The highest BCUT2D eigenvalue weighted by Crippen LogP contribution is 2.29. The van der Waals surface area contributed by atoms with Crippen LogP contribution in [0.5, 0.6) is 0 Å². The Kier molecular flexibility index (Phi) is 8.38. The lowest BCUT2D eigenvalue weighted by Crippen LogP contribution is -2.27. The zero-order valence-electron chi connectivity index (χ0n) is 19.6. The van der Waals surface area contributed by atoms with Crippen LogP contribution >= 0.6 is 11.6 Å². The van der Waals surface area contributed by atoms with Gasteiger partial charge in [-0.15, -0.1) is 0 Å². The van der Waals surface area contributed by atoms with E-state index in [1.54, 1.807) is 24.3 Å². The average molecular weight is 507 g/mol. The number of allylic oxidation sites excluding steroid dienone is 2. The molecule has 2 N–H and O–H groups in total. The number of alkyl halides is 3. The number of nitrogens with zero attached hydrogens (tertiary/aromatic N) is 2. The minimum atomic E-state index is -4.18. The Morgan fingerprint density at radius 2 is 1.94 bits per heavy atom. The quantitative estimate of drug-likeness (QED) is 0.363. The van der Waals surface area contributed by atoms with Gasteiger partial charge in [0.1, 0.15) is 11.7 Å². The van der Waals surface area contributed by atoms with E-state index in [-0.39, 0.29) is 35.2 Å². The maximum atomic E-state index is 14.9. The van der Waals surface area contributed by atoms with Crippen LogP contribution in [-0.4, -0.2) is 17.0 Å². The van der Waals surface area contributed by atoms with Crippen molar-refractivity contribution in [1.29, 1.82) is 0 Å². The molecule has 0 aliphatic carbocycles. The molecule has 1 aliphatic heterocycles. The fourth-order valence-corrected chi connectivity index (χ4v) is 3.67. The van der Waals surface area contributed by atoms with Crippen LogP contribution in [-0.2, 0) is 13.0 Å². The maximum absolute atomic E-state index is 14.9. The molecule has 0 amide bonds. The summed E-state index contributed by atoms with van der Waals surface area (Å²) in [6.07, 6.45) is -1.65. The molecule has 0 saturated heterocycles. The van der Waals surface area contributed by atoms with Gasteiger partial charge in [-0.05, 0) is 48.6 Å². The fraction of sp³-hybridized carbons (Fsp3) is 0.308. The summed E-state index contributed by atoms with van der Waals surface area (Å²) < 4.78 is 52.0. The molecule has 0 unspecified atom stereocenters. The standard InChI is InChI=1S/C26H27ClF4N4/c1-15(2)17(4)32-14-19-8-10-21(28)23(24(19)27)25-34-16(3)12-22(35-25)18-7-9-20(33-13-18)6-5-11-26(29,30)31/h7-10,12-13,15,32H,3-6,11,14H2,1-2H3,(H,34,35). The Bertz CT molecular complexity index is 1170. The predicted octanol–water partition coefficient (Wildman–Crippen LogP) is 6.92. The predicted molar refractivity (Wildman–Crippen MR) is 132 cm³/mol. The van der Waals surface area contributed by atoms with E-state index < -0.39 is 18.4 Å². The second-order valence-corrected chi connectivity index (χ2v) is 8.95. The monoisotopic (exact) mass is 506 g/mol. The number of nitrogens with one attached hydrogen (secondary N) is 2. The molecule has 1 aromatic carbocycles. The summed E-state index contributed by atoms with van der Waals surface area (Å²) in [7, 11) is 0. The van der Waals surface area contributed by atoms with Crippen molar-refractivity contribution in [2.24, 2.45) is 10.9 Å².